The first-order valence-electron chi connectivity index (χ1n) is 12.1. The normalized spacial score (nSPS) is 15.7. The van der Waals surface area contributed by atoms with E-state index in [-0.39, 0.29) is 11.9 Å². The molecule has 0 aromatic heterocycles. The number of rotatable bonds is 9. The number of carbonyl (C=O) groups excluding carboxylic acids is 1. The lowest BCUT2D eigenvalue weighted by atomic mass is 9.83. The van der Waals surface area contributed by atoms with E-state index < -0.39 is 0 Å². The molecular weight excluding hydrogens is 396 g/mol. The van der Waals surface area contributed by atoms with Gasteiger partial charge in [-0.15, -0.1) is 0 Å². The summed E-state index contributed by atoms with van der Waals surface area (Å²) < 4.78 is 5.81. The highest BCUT2D eigenvalue weighted by Gasteiger charge is 2.26. The number of hydrogen-bond donors (Lipinski definition) is 1. The van der Waals surface area contributed by atoms with Crippen molar-refractivity contribution >= 4 is 5.91 Å². The highest BCUT2D eigenvalue weighted by molar-refractivity contribution is 5.96. The molecule has 1 saturated carbocycles. The molecule has 4 heteroatoms. The largest absolute Gasteiger partial charge is 0.496 e. The zero-order valence-corrected chi connectivity index (χ0v) is 20.5. The smallest absolute Gasteiger partial charge is 0.251 e. The molecule has 1 aliphatic carbocycles. The van der Waals surface area contributed by atoms with Crippen LogP contribution in [0.1, 0.15) is 61.9 Å². The van der Waals surface area contributed by atoms with Gasteiger partial charge >= 0.3 is 0 Å². The fraction of sp³-hybridized carbons (Fsp3) is 0.536. The van der Waals surface area contributed by atoms with E-state index in [0.717, 1.165) is 29.8 Å². The lowest BCUT2D eigenvalue weighted by molar-refractivity contribution is 0.0900. The molecule has 0 heterocycles. The van der Waals surface area contributed by atoms with E-state index in [1.165, 1.54) is 37.7 Å². The monoisotopic (exact) mass is 436 g/mol. The summed E-state index contributed by atoms with van der Waals surface area (Å²) in [7, 11) is 5.90. The summed E-state index contributed by atoms with van der Waals surface area (Å²) >= 11 is 0. The van der Waals surface area contributed by atoms with Gasteiger partial charge in [0.1, 0.15) is 5.75 Å². The second-order valence-electron chi connectivity index (χ2n) is 9.92. The molecule has 0 radical (unpaired) electrons. The molecule has 0 spiro atoms. The molecule has 0 aliphatic heterocycles. The van der Waals surface area contributed by atoms with E-state index in [1.54, 1.807) is 7.11 Å². The van der Waals surface area contributed by atoms with E-state index in [4.69, 9.17) is 4.74 Å². The Morgan fingerprint density at radius 2 is 1.81 bits per heavy atom. The van der Waals surface area contributed by atoms with Gasteiger partial charge in [0.05, 0.1) is 7.11 Å². The van der Waals surface area contributed by atoms with E-state index >= 15 is 0 Å². The third-order valence-electron chi connectivity index (χ3n) is 6.46. The van der Waals surface area contributed by atoms with Gasteiger partial charge in [-0.25, -0.2) is 0 Å². The highest BCUT2D eigenvalue weighted by atomic mass is 16.5. The van der Waals surface area contributed by atoms with Gasteiger partial charge in [0, 0.05) is 23.7 Å². The molecule has 3 rings (SSSR count). The first-order valence-corrected chi connectivity index (χ1v) is 12.1. The maximum Gasteiger partial charge on any atom is 0.251 e. The number of hydrogen-bond acceptors (Lipinski definition) is 3. The van der Waals surface area contributed by atoms with Crippen LogP contribution in [0.25, 0.3) is 11.1 Å². The van der Waals surface area contributed by atoms with Crippen molar-refractivity contribution in [2.45, 2.75) is 58.4 Å². The first kappa shape index (κ1) is 24.3. The topological polar surface area (TPSA) is 41.6 Å². The number of carbonyl (C=O) groups is 1. The summed E-state index contributed by atoms with van der Waals surface area (Å²) in [6, 6.07) is 14.4. The predicted octanol–water partition coefficient (Wildman–Crippen LogP) is 5.80. The van der Waals surface area contributed by atoms with Crippen LogP contribution in [0.3, 0.4) is 0 Å². The third-order valence-corrected chi connectivity index (χ3v) is 6.46. The molecule has 2 aromatic rings. The second kappa shape index (κ2) is 11.5. The van der Waals surface area contributed by atoms with Crippen molar-refractivity contribution in [1.29, 1.82) is 0 Å². The van der Waals surface area contributed by atoms with Crippen LogP contribution >= 0.6 is 0 Å². The van der Waals surface area contributed by atoms with Crippen LogP contribution < -0.4 is 10.1 Å². The highest BCUT2D eigenvalue weighted by Crippen LogP contribution is 2.35. The van der Waals surface area contributed by atoms with Gasteiger partial charge in [-0.05, 0) is 68.5 Å². The average molecular weight is 437 g/mol. The molecule has 0 unspecified atom stereocenters. The molecule has 0 bridgehead atoms. The van der Waals surface area contributed by atoms with Gasteiger partial charge in [0.25, 0.3) is 5.91 Å². The fourth-order valence-corrected chi connectivity index (χ4v) is 4.98. The number of likely N-dealkylation sites (N-methyl/N-ethyl adjacent to an activating group) is 1. The number of nitrogens with one attached hydrogen (secondary N) is 1. The summed E-state index contributed by atoms with van der Waals surface area (Å²) in [5.41, 5.74) is 3.97. The van der Waals surface area contributed by atoms with Crippen LogP contribution in [0.4, 0.5) is 0 Å². The Kier molecular flexibility index (Phi) is 8.75. The van der Waals surface area contributed by atoms with E-state index in [2.05, 4.69) is 62.4 Å². The first-order chi connectivity index (χ1) is 15.4. The van der Waals surface area contributed by atoms with Crippen molar-refractivity contribution in [3.8, 4) is 16.9 Å². The molecule has 1 amide bonds. The third kappa shape index (κ3) is 6.35. The van der Waals surface area contributed by atoms with Crippen LogP contribution in [0.2, 0.25) is 0 Å². The molecule has 1 atom stereocenters. The number of methoxy groups -OCH3 is 1. The Hall–Kier alpha value is -2.33. The Morgan fingerprint density at radius 3 is 2.47 bits per heavy atom. The summed E-state index contributed by atoms with van der Waals surface area (Å²) in [5, 5.41) is 3.37. The predicted molar refractivity (Wildman–Crippen MR) is 133 cm³/mol. The minimum Gasteiger partial charge on any atom is -0.496 e. The lowest BCUT2D eigenvalue weighted by Gasteiger charge is -2.32. The summed E-state index contributed by atoms with van der Waals surface area (Å²) in [6.45, 7) is 5.31. The summed E-state index contributed by atoms with van der Waals surface area (Å²) in [6.07, 6.45) is 7.24. The van der Waals surface area contributed by atoms with Gasteiger partial charge in [-0.1, -0.05) is 63.4 Å². The maximum absolute atomic E-state index is 13.3. The van der Waals surface area contributed by atoms with Crippen molar-refractivity contribution in [2.24, 2.45) is 11.8 Å². The molecule has 4 nitrogen and oxygen atoms in total. The molecular formula is C28H40N2O2. The van der Waals surface area contributed by atoms with Crippen molar-refractivity contribution in [3.63, 3.8) is 0 Å². The molecule has 1 aliphatic rings. The van der Waals surface area contributed by atoms with Crippen molar-refractivity contribution in [2.75, 3.05) is 27.7 Å². The van der Waals surface area contributed by atoms with Gasteiger partial charge in [0.2, 0.25) is 0 Å². The quantitative estimate of drug-likeness (QED) is 0.540. The lowest BCUT2D eigenvalue weighted by Crippen LogP contribution is -2.47. The van der Waals surface area contributed by atoms with Gasteiger partial charge in [-0.3, -0.25) is 4.79 Å². The Balaban J connectivity index is 1.84. The van der Waals surface area contributed by atoms with Gasteiger partial charge in [0.15, 0.2) is 0 Å². The van der Waals surface area contributed by atoms with E-state index in [9.17, 15) is 4.79 Å². The van der Waals surface area contributed by atoms with Crippen LogP contribution in [0, 0.1) is 11.8 Å². The minimum atomic E-state index is 0.0153. The van der Waals surface area contributed by atoms with Crippen molar-refractivity contribution in [1.82, 2.24) is 10.2 Å². The fourth-order valence-electron chi connectivity index (χ4n) is 4.98. The molecule has 32 heavy (non-hydrogen) atoms. The Morgan fingerprint density at radius 1 is 1.09 bits per heavy atom. The van der Waals surface area contributed by atoms with E-state index in [1.807, 2.05) is 18.2 Å². The number of ether oxygens (including phenoxy) is 1. The molecule has 1 fully saturated rings. The van der Waals surface area contributed by atoms with Crippen molar-refractivity contribution in [3.05, 3.63) is 53.6 Å². The molecule has 0 saturated heterocycles. The zero-order valence-electron chi connectivity index (χ0n) is 20.5. The number of benzene rings is 2. The molecule has 174 valence electrons. The minimum absolute atomic E-state index is 0.0153. The molecule has 2 aromatic carbocycles. The number of nitrogens with zero attached hydrogens (tertiary/aromatic N) is 1. The zero-order chi connectivity index (χ0) is 23.1. The van der Waals surface area contributed by atoms with Gasteiger partial charge in [-0.2, -0.15) is 0 Å². The van der Waals surface area contributed by atoms with Crippen LogP contribution in [-0.2, 0) is 6.42 Å². The van der Waals surface area contributed by atoms with Crippen LogP contribution in [-0.4, -0.2) is 44.6 Å². The second-order valence-corrected chi connectivity index (χ2v) is 9.92. The van der Waals surface area contributed by atoms with Crippen LogP contribution in [0.5, 0.6) is 5.75 Å². The Labute approximate surface area is 194 Å². The van der Waals surface area contributed by atoms with E-state index in [0.29, 0.717) is 17.4 Å². The maximum atomic E-state index is 13.3. The Bertz CT molecular complexity index is 885. The number of para-hydroxylation sites is 1. The van der Waals surface area contributed by atoms with Gasteiger partial charge < -0.3 is 15.0 Å². The summed E-state index contributed by atoms with van der Waals surface area (Å²) in [4.78, 5) is 15.5. The molecule has 1 N–H and O–H groups in total. The average Bonchev–Trinajstić information content (AvgIpc) is 2.78. The van der Waals surface area contributed by atoms with Crippen LogP contribution in [0.15, 0.2) is 42.5 Å². The SMILES string of the molecule is COc1c(CC(C)C)cccc1-c1cccc(C(=O)N[C@H](CN(C)C)C2CCCCC2)c1. The number of amides is 1. The standard InChI is InChI=1S/C28H40N2O2/c1-20(2)17-23-14-10-16-25(27(23)32-5)22-13-9-15-24(18-22)28(31)29-26(19-30(3)4)21-11-7-6-8-12-21/h9-10,13-16,18,20-21,26H,6-8,11-12,17,19H2,1-5H3,(H,29,31)/t26-/m1/s1. The van der Waals surface area contributed by atoms with Crippen molar-refractivity contribution < 1.29 is 9.53 Å². The summed E-state index contributed by atoms with van der Waals surface area (Å²) in [5.74, 6) is 2.03.